The molecule has 1 atom stereocenters. The fourth-order valence-corrected chi connectivity index (χ4v) is 2.82. The summed E-state index contributed by atoms with van der Waals surface area (Å²) in [6.45, 7) is 12.0. The maximum Gasteiger partial charge on any atom is 0.0638 e. The van der Waals surface area contributed by atoms with Crippen LogP contribution in [0.1, 0.15) is 50.9 Å². The molecule has 1 saturated heterocycles. The number of aryl methyl sites for hydroxylation is 1. The molecule has 2 heterocycles. The third kappa shape index (κ3) is 3.57. The van der Waals surface area contributed by atoms with Gasteiger partial charge in [-0.05, 0) is 59.5 Å². The van der Waals surface area contributed by atoms with Gasteiger partial charge in [-0.15, -0.1) is 0 Å². The van der Waals surface area contributed by atoms with Crippen LogP contribution >= 0.6 is 0 Å². The lowest BCUT2D eigenvalue weighted by atomic mass is 9.91. The summed E-state index contributed by atoms with van der Waals surface area (Å²) in [5, 5.41) is 4.59. The van der Waals surface area contributed by atoms with Gasteiger partial charge in [-0.3, -0.25) is 9.58 Å². The zero-order valence-electron chi connectivity index (χ0n) is 12.8. The van der Waals surface area contributed by atoms with Crippen LogP contribution in [0.3, 0.4) is 0 Å². The van der Waals surface area contributed by atoms with Crippen molar-refractivity contribution in [1.29, 1.82) is 0 Å². The smallest absolute Gasteiger partial charge is 0.0638 e. The molecule has 1 aliphatic rings. The van der Waals surface area contributed by atoms with Crippen molar-refractivity contribution in [3.05, 3.63) is 17.5 Å². The monoisotopic (exact) mass is 264 g/mol. The van der Waals surface area contributed by atoms with Crippen LogP contribution in [0.25, 0.3) is 0 Å². The largest absolute Gasteiger partial charge is 0.328 e. The predicted octanol–water partition coefficient (Wildman–Crippen LogP) is 2.33. The van der Waals surface area contributed by atoms with E-state index in [1.807, 2.05) is 0 Å². The second kappa shape index (κ2) is 6.06. The number of piperidine rings is 1. The van der Waals surface area contributed by atoms with Crippen molar-refractivity contribution in [2.45, 2.75) is 59.2 Å². The number of nitrogens with two attached hydrogens (primary N) is 1. The molecule has 19 heavy (non-hydrogen) atoms. The van der Waals surface area contributed by atoms with Gasteiger partial charge in [0.1, 0.15) is 0 Å². The van der Waals surface area contributed by atoms with Gasteiger partial charge in [0, 0.05) is 30.4 Å². The van der Waals surface area contributed by atoms with E-state index in [1.54, 1.807) is 0 Å². The molecular formula is C15H28N4. The molecule has 2 rings (SSSR count). The number of aromatic nitrogens is 2. The number of hydrogen-bond acceptors (Lipinski definition) is 3. The Morgan fingerprint density at radius 1 is 1.32 bits per heavy atom. The fourth-order valence-electron chi connectivity index (χ4n) is 2.82. The van der Waals surface area contributed by atoms with E-state index < -0.39 is 0 Å². The molecule has 1 aliphatic heterocycles. The fraction of sp³-hybridized carbons (Fsp3) is 0.800. The SMILES string of the molecule is Cc1nn(C(C)C)cc1CN1CCC(C(C)N)CC1. The molecule has 4 heteroatoms. The molecule has 1 fully saturated rings. The Hall–Kier alpha value is -0.870. The lowest BCUT2D eigenvalue weighted by Crippen LogP contribution is -2.39. The van der Waals surface area contributed by atoms with E-state index in [9.17, 15) is 0 Å². The maximum atomic E-state index is 5.99. The highest BCUT2D eigenvalue weighted by Crippen LogP contribution is 2.22. The maximum absolute atomic E-state index is 5.99. The number of nitrogens with zero attached hydrogens (tertiary/aromatic N) is 3. The first-order valence-corrected chi connectivity index (χ1v) is 7.50. The third-order valence-electron chi connectivity index (χ3n) is 4.32. The molecule has 0 bridgehead atoms. The summed E-state index contributed by atoms with van der Waals surface area (Å²) >= 11 is 0. The summed E-state index contributed by atoms with van der Waals surface area (Å²) < 4.78 is 2.07. The van der Waals surface area contributed by atoms with Crippen molar-refractivity contribution >= 4 is 0 Å². The van der Waals surface area contributed by atoms with Gasteiger partial charge in [0.05, 0.1) is 5.69 Å². The number of hydrogen-bond donors (Lipinski definition) is 1. The van der Waals surface area contributed by atoms with Crippen LogP contribution in [0, 0.1) is 12.8 Å². The molecule has 0 amide bonds. The van der Waals surface area contributed by atoms with Crippen LogP contribution in [0.2, 0.25) is 0 Å². The molecule has 2 N–H and O–H groups in total. The minimum Gasteiger partial charge on any atom is -0.328 e. The van der Waals surface area contributed by atoms with Crippen LogP contribution in [-0.2, 0) is 6.54 Å². The second-order valence-electron chi connectivity index (χ2n) is 6.29. The van der Waals surface area contributed by atoms with Crippen LogP contribution in [0.4, 0.5) is 0 Å². The highest BCUT2D eigenvalue weighted by atomic mass is 15.3. The molecular weight excluding hydrogens is 236 g/mol. The highest BCUT2D eigenvalue weighted by Gasteiger charge is 2.22. The Bertz CT molecular complexity index is 400. The Morgan fingerprint density at radius 2 is 1.95 bits per heavy atom. The summed E-state index contributed by atoms with van der Waals surface area (Å²) in [7, 11) is 0. The summed E-state index contributed by atoms with van der Waals surface area (Å²) in [6.07, 6.45) is 4.67. The van der Waals surface area contributed by atoms with E-state index in [-0.39, 0.29) is 0 Å². The van der Waals surface area contributed by atoms with Crippen molar-refractivity contribution in [2.24, 2.45) is 11.7 Å². The Kier molecular flexibility index (Phi) is 4.63. The van der Waals surface area contributed by atoms with Crippen LogP contribution < -0.4 is 5.73 Å². The minimum atomic E-state index is 0.340. The quantitative estimate of drug-likeness (QED) is 0.908. The molecule has 108 valence electrons. The molecule has 0 aliphatic carbocycles. The lowest BCUT2D eigenvalue weighted by molar-refractivity contribution is 0.165. The van der Waals surface area contributed by atoms with Crippen LogP contribution in [0.15, 0.2) is 6.20 Å². The molecule has 0 saturated carbocycles. The average Bonchev–Trinajstić information content (AvgIpc) is 2.72. The first-order valence-electron chi connectivity index (χ1n) is 7.50. The number of rotatable bonds is 4. The van der Waals surface area contributed by atoms with Crippen molar-refractivity contribution in [3.8, 4) is 0 Å². The Balaban J connectivity index is 1.92. The van der Waals surface area contributed by atoms with Gasteiger partial charge in [0.2, 0.25) is 0 Å². The molecule has 0 aromatic carbocycles. The minimum absolute atomic E-state index is 0.340. The van der Waals surface area contributed by atoms with Gasteiger partial charge >= 0.3 is 0 Å². The summed E-state index contributed by atoms with van der Waals surface area (Å²) in [6, 6.07) is 0.781. The molecule has 4 nitrogen and oxygen atoms in total. The van der Waals surface area contributed by atoms with E-state index in [0.717, 1.165) is 6.54 Å². The highest BCUT2D eigenvalue weighted by molar-refractivity contribution is 5.15. The van der Waals surface area contributed by atoms with Crippen LogP contribution in [-0.4, -0.2) is 33.8 Å². The van der Waals surface area contributed by atoms with Crippen molar-refractivity contribution in [2.75, 3.05) is 13.1 Å². The van der Waals surface area contributed by atoms with Crippen molar-refractivity contribution in [1.82, 2.24) is 14.7 Å². The topological polar surface area (TPSA) is 47.1 Å². The molecule has 1 aromatic rings. The zero-order chi connectivity index (χ0) is 14.0. The number of likely N-dealkylation sites (tertiary alicyclic amines) is 1. The first-order chi connectivity index (χ1) is 8.97. The second-order valence-corrected chi connectivity index (χ2v) is 6.29. The molecule has 0 spiro atoms. The Labute approximate surface area is 117 Å². The summed E-state index contributed by atoms with van der Waals surface area (Å²) in [4.78, 5) is 2.54. The lowest BCUT2D eigenvalue weighted by Gasteiger charge is -2.33. The predicted molar refractivity (Wildman–Crippen MR) is 79.0 cm³/mol. The third-order valence-corrected chi connectivity index (χ3v) is 4.32. The summed E-state index contributed by atoms with van der Waals surface area (Å²) in [5.74, 6) is 0.704. The van der Waals surface area contributed by atoms with Crippen molar-refractivity contribution < 1.29 is 0 Å². The standard InChI is InChI=1S/C15H28N4/c1-11(2)19-10-15(13(4)17-19)9-18-7-5-14(6-8-18)12(3)16/h10-12,14H,5-9,16H2,1-4H3. The molecule has 1 unspecified atom stereocenters. The average molecular weight is 264 g/mol. The molecule has 1 aromatic heterocycles. The summed E-state index contributed by atoms with van der Waals surface area (Å²) in [5.41, 5.74) is 8.53. The molecule has 0 radical (unpaired) electrons. The van der Waals surface area contributed by atoms with Crippen LogP contribution in [0.5, 0.6) is 0 Å². The van der Waals surface area contributed by atoms with Gasteiger partial charge in [0.25, 0.3) is 0 Å². The Morgan fingerprint density at radius 3 is 2.42 bits per heavy atom. The van der Waals surface area contributed by atoms with E-state index in [4.69, 9.17) is 5.73 Å². The van der Waals surface area contributed by atoms with Gasteiger partial charge in [0.15, 0.2) is 0 Å². The van der Waals surface area contributed by atoms with Gasteiger partial charge < -0.3 is 5.73 Å². The van der Waals surface area contributed by atoms with E-state index in [0.29, 0.717) is 18.0 Å². The van der Waals surface area contributed by atoms with E-state index >= 15 is 0 Å². The van der Waals surface area contributed by atoms with Gasteiger partial charge in [-0.2, -0.15) is 5.10 Å². The van der Waals surface area contributed by atoms with E-state index in [2.05, 4.69) is 48.6 Å². The zero-order valence-corrected chi connectivity index (χ0v) is 12.8. The van der Waals surface area contributed by atoms with Crippen molar-refractivity contribution in [3.63, 3.8) is 0 Å². The first kappa shape index (κ1) is 14.5. The van der Waals surface area contributed by atoms with E-state index in [1.165, 1.54) is 37.2 Å². The van der Waals surface area contributed by atoms with Gasteiger partial charge in [-0.25, -0.2) is 0 Å². The van der Waals surface area contributed by atoms with Gasteiger partial charge in [-0.1, -0.05) is 0 Å². The normalized spacial score (nSPS) is 20.1.